The zero-order valence-electron chi connectivity index (χ0n) is 12.3. The van der Waals surface area contributed by atoms with E-state index in [1.807, 2.05) is 0 Å². The van der Waals surface area contributed by atoms with Gasteiger partial charge < -0.3 is 19.3 Å². The van der Waals surface area contributed by atoms with E-state index >= 15 is 0 Å². The largest absolute Gasteiger partial charge is 0.496 e. The third kappa shape index (κ3) is 3.95. The third-order valence-electron chi connectivity index (χ3n) is 3.41. The highest BCUT2D eigenvalue weighted by atomic mass is 32.1. The van der Waals surface area contributed by atoms with E-state index in [0.717, 1.165) is 6.42 Å². The predicted octanol–water partition coefficient (Wildman–Crippen LogP) is 1.08. The standard InChI is InChI=1S/C14H20N2O4S/c1-19-7-6-15-4-3-5-16(9-13(15)17)14(18)12-8-11(20-2)10-21-12/h8,10H,3-7,9H2,1-2H3. The number of carbonyl (C=O) groups is 2. The van der Waals surface area contributed by atoms with Crippen LogP contribution in [0, 0.1) is 0 Å². The van der Waals surface area contributed by atoms with E-state index in [4.69, 9.17) is 9.47 Å². The second-order valence-electron chi connectivity index (χ2n) is 4.80. The van der Waals surface area contributed by atoms with Gasteiger partial charge in [-0.2, -0.15) is 0 Å². The SMILES string of the molecule is COCCN1CCCN(C(=O)c2cc(OC)cs2)CC1=O. The Hall–Kier alpha value is -1.60. The van der Waals surface area contributed by atoms with E-state index in [1.54, 1.807) is 35.5 Å². The second-order valence-corrected chi connectivity index (χ2v) is 5.72. The van der Waals surface area contributed by atoms with Crippen molar-refractivity contribution in [3.05, 3.63) is 16.3 Å². The molecule has 116 valence electrons. The maximum atomic E-state index is 12.4. The van der Waals surface area contributed by atoms with E-state index in [0.29, 0.717) is 36.9 Å². The van der Waals surface area contributed by atoms with E-state index in [1.165, 1.54) is 11.3 Å². The minimum Gasteiger partial charge on any atom is -0.496 e. The van der Waals surface area contributed by atoms with Crippen LogP contribution in [0.4, 0.5) is 0 Å². The molecule has 2 rings (SSSR count). The summed E-state index contributed by atoms with van der Waals surface area (Å²) >= 11 is 1.34. The van der Waals surface area contributed by atoms with Crippen molar-refractivity contribution >= 4 is 23.2 Å². The molecular formula is C14H20N2O4S. The Kier molecular flexibility index (Phi) is 5.58. The van der Waals surface area contributed by atoms with Crippen molar-refractivity contribution < 1.29 is 19.1 Å². The molecule has 0 N–H and O–H groups in total. The Bertz CT molecular complexity index is 503. The Balaban J connectivity index is 2.00. The molecule has 21 heavy (non-hydrogen) atoms. The van der Waals surface area contributed by atoms with E-state index < -0.39 is 0 Å². The number of hydrogen-bond donors (Lipinski definition) is 0. The summed E-state index contributed by atoms with van der Waals surface area (Å²) in [5, 5.41) is 1.79. The maximum absolute atomic E-state index is 12.4. The molecule has 1 fully saturated rings. The molecule has 2 heterocycles. The van der Waals surface area contributed by atoms with E-state index in [9.17, 15) is 9.59 Å². The van der Waals surface area contributed by atoms with Gasteiger partial charge in [-0.15, -0.1) is 11.3 Å². The first kappa shape index (κ1) is 15.8. The molecule has 1 aliphatic rings. The van der Waals surface area contributed by atoms with Crippen molar-refractivity contribution in [2.24, 2.45) is 0 Å². The summed E-state index contributed by atoms with van der Waals surface area (Å²) < 4.78 is 10.1. The van der Waals surface area contributed by atoms with Crippen molar-refractivity contribution in [2.75, 3.05) is 47.0 Å². The summed E-state index contributed by atoms with van der Waals surface area (Å²) in [6.45, 7) is 2.47. The summed E-state index contributed by atoms with van der Waals surface area (Å²) in [5.74, 6) is 0.540. The van der Waals surface area contributed by atoms with Crippen LogP contribution in [-0.2, 0) is 9.53 Å². The topological polar surface area (TPSA) is 59.1 Å². The van der Waals surface area contributed by atoms with Crippen molar-refractivity contribution in [2.45, 2.75) is 6.42 Å². The second kappa shape index (κ2) is 7.42. The zero-order chi connectivity index (χ0) is 15.2. The van der Waals surface area contributed by atoms with Gasteiger partial charge in [-0.1, -0.05) is 0 Å². The Labute approximate surface area is 128 Å². The average molecular weight is 312 g/mol. The monoisotopic (exact) mass is 312 g/mol. The average Bonchev–Trinajstić information content (AvgIpc) is 2.89. The van der Waals surface area contributed by atoms with Gasteiger partial charge in [-0.05, 0) is 6.42 Å². The van der Waals surface area contributed by atoms with E-state index in [2.05, 4.69) is 0 Å². The number of nitrogens with zero attached hydrogens (tertiary/aromatic N) is 2. The van der Waals surface area contributed by atoms with Gasteiger partial charge >= 0.3 is 0 Å². The van der Waals surface area contributed by atoms with Crippen LogP contribution < -0.4 is 4.74 Å². The van der Waals surface area contributed by atoms with E-state index in [-0.39, 0.29) is 18.4 Å². The van der Waals surface area contributed by atoms with Gasteiger partial charge in [0.15, 0.2) is 0 Å². The summed E-state index contributed by atoms with van der Waals surface area (Å²) in [5.41, 5.74) is 0. The number of methoxy groups -OCH3 is 2. The van der Waals surface area contributed by atoms with Gasteiger partial charge in [0.25, 0.3) is 5.91 Å². The van der Waals surface area contributed by atoms with Gasteiger partial charge in [0.05, 0.1) is 18.6 Å². The maximum Gasteiger partial charge on any atom is 0.264 e. The molecule has 1 aromatic rings. The number of carbonyl (C=O) groups excluding carboxylic acids is 2. The normalized spacial score (nSPS) is 16.0. The quantitative estimate of drug-likeness (QED) is 0.816. The molecular weight excluding hydrogens is 292 g/mol. The molecule has 0 aromatic carbocycles. The number of rotatable bonds is 5. The van der Waals surface area contributed by atoms with Crippen molar-refractivity contribution in [1.29, 1.82) is 0 Å². The molecule has 0 spiro atoms. The Morgan fingerprint density at radius 2 is 2.19 bits per heavy atom. The molecule has 0 radical (unpaired) electrons. The third-order valence-corrected chi connectivity index (χ3v) is 4.31. The molecule has 1 saturated heterocycles. The predicted molar refractivity (Wildman–Crippen MR) is 79.8 cm³/mol. The lowest BCUT2D eigenvalue weighted by Crippen LogP contribution is -2.40. The summed E-state index contributed by atoms with van der Waals surface area (Å²) in [4.78, 5) is 28.6. The van der Waals surface area contributed by atoms with Crippen molar-refractivity contribution in [3.63, 3.8) is 0 Å². The molecule has 0 saturated carbocycles. The zero-order valence-corrected chi connectivity index (χ0v) is 13.1. The molecule has 0 unspecified atom stereocenters. The first-order chi connectivity index (χ1) is 10.2. The van der Waals surface area contributed by atoms with Crippen molar-refractivity contribution in [3.8, 4) is 5.75 Å². The molecule has 2 amide bonds. The first-order valence-electron chi connectivity index (χ1n) is 6.84. The molecule has 7 heteroatoms. The van der Waals surface area contributed by atoms with Crippen molar-refractivity contribution in [1.82, 2.24) is 9.80 Å². The summed E-state index contributed by atoms with van der Waals surface area (Å²) in [7, 11) is 3.18. The van der Waals surface area contributed by atoms with Crippen LogP contribution in [0.15, 0.2) is 11.4 Å². The fourth-order valence-electron chi connectivity index (χ4n) is 2.22. The lowest BCUT2D eigenvalue weighted by molar-refractivity contribution is -0.131. The van der Waals surface area contributed by atoms with Gasteiger partial charge in [0.2, 0.25) is 5.91 Å². The Morgan fingerprint density at radius 1 is 1.38 bits per heavy atom. The highest BCUT2D eigenvalue weighted by Crippen LogP contribution is 2.23. The molecule has 6 nitrogen and oxygen atoms in total. The van der Waals surface area contributed by atoms with Crippen LogP contribution >= 0.6 is 11.3 Å². The van der Waals surface area contributed by atoms with Gasteiger partial charge in [0, 0.05) is 38.2 Å². The van der Waals surface area contributed by atoms with Crippen LogP contribution in [0.5, 0.6) is 5.75 Å². The molecule has 0 aliphatic carbocycles. The summed E-state index contributed by atoms with van der Waals surface area (Å²) in [6, 6.07) is 1.71. The number of ether oxygens (including phenoxy) is 2. The number of hydrogen-bond acceptors (Lipinski definition) is 5. The fraction of sp³-hybridized carbons (Fsp3) is 0.571. The molecule has 1 aliphatic heterocycles. The smallest absolute Gasteiger partial charge is 0.264 e. The molecule has 0 atom stereocenters. The lowest BCUT2D eigenvalue weighted by Gasteiger charge is -2.21. The van der Waals surface area contributed by atoms with Gasteiger partial charge in [0.1, 0.15) is 12.3 Å². The molecule has 1 aromatic heterocycles. The van der Waals surface area contributed by atoms with Gasteiger partial charge in [-0.25, -0.2) is 0 Å². The highest BCUT2D eigenvalue weighted by Gasteiger charge is 2.26. The van der Waals surface area contributed by atoms with Crippen LogP contribution in [0.25, 0.3) is 0 Å². The van der Waals surface area contributed by atoms with Crippen LogP contribution in [-0.4, -0.2) is 68.6 Å². The van der Waals surface area contributed by atoms with Crippen LogP contribution in [0.1, 0.15) is 16.1 Å². The van der Waals surface area contributed by atoms with Gasteiger partial charge in [-0.3, -0.25) is 9.59 Å². The first-order valence-corrected chi connectivity index (χ1v) is 7.72. The minimum atomic E-state index is -0.106. The number of amides is 2. The van der Waals surface area contributed by atoms with Crippen LogP contribution in [0.3, 0.4) is 0 Å². The number of thiophene rings is 1. The fourth-order valence-corrected chi connectivity index (χ4v) is 3.05. The minimum absolute atomic E-state index is 0.0265. The lowest BCUT2D eigenvalue weighted by atomic mass is 10.3. The Morgan fingerprint density at radius 3 is 2.86 bits per heavy atom. The highest BCUT2D eigenvalue weighted by molar-refractivity contribution is 7.12. The molecule has 0 bridgehead atoms. The van der Waals surface area contributed by atoms with Crippen LogP contribution in [0.2, 0.25) is 0 Å². The summed E-state index contributed by atoms with van der Waals surface area (Å²) in [6.07, 6.45) is 0.781.